The zero-order chi connectivity index (χ0) is 63.5. The summed E-state index contributed by atoms with van der Waals surface area (Å²) < 4.78 is 68.1. The molecule has 0 aliphatic heterocycles. The molecule has 0 bridgehead atoms. The van der Waals surface area contributed by atoms with Gasteiger partial charge in [-0.15, -0.1) is 0 Å². The van der Waals surface area contributed by atoms with Crippen LogP contribution in [0.2, 0.25) is 0 Å². The van der Waals surface area contributed by atoms with E-state index in [9.17, 15) is 43.2 Å². The lowest BCUT2D eigenvalue weighted by atomic mass is 10.0. The van der Waals surface area contributed by atoms with Gasteiger partial charge in [-0.1, -0.05) is 291 Å². The Morgan fingerprint density at radius 3 is 0.791 bits per heavy atom. The van der Waals surface area contributed by atoms with Crippen LogP contribution in [0.3, 0.4) is 0 Å². The van der Waals surface area contributed by atoms with Gasteiger partial charge in [-0.05, 0) is 31.6 Å². The summed E-state index contributed by atoms with van der Waals surface area (Å²) >= 11 is 0. The molecule has 0 aromatic rings. The molecule has 17 nitrogen and oxygen atoms in total. The first-order chi connectivity index (χ1) is 41.5. The second-order valence-corrected chi connectivity index (χ2v) is 27.6. The highest BCUT2D eigenvalue weighted by molar-refractivity contribution is 7.47. The molecule has 0 radical (unpaired) electrons. The largest absolute Gasteiger partial charge is 0.472 e. The zero-order valence-corrected chi connectivity index (χ0v) is 57.2. The summed E-state index contributed by atoms with van der Waals surface area (Å²) in [5.74, 6) is -1.36. The van der Waals surface area contributed by atoms with Gasteiger partial charge in [0.15, 0.2) is 12.2 Å². The van der Waals surface area contributed by atoms with Crippen LogP contribution >= 0.6 is 15.6 Å². The van der Waals surface area contributed by atoms with Crippen molar-refractivity contribution in [3.8, 4) is 0 Å². The number of phosphoric ester groups is 2. The second kappa shape index (κ2) is 60.6. The van der Waals surface area contributed by atoms with Crippen molar-refractivity contribution in [2.24, 2.45) is 5.92 Å². The minimum Gasteiger partial charge on any atom is -0.462 e. The summed E-state index contributed by atoms with van der Waals surface area (Å²) in [6.45, 7) is 7.21. The third-order valence-electron chi connectivity index (χ3n) is 15.5. The fourth-order valence-corrected chi connectivity index (χ4v) is 11.7. The molecule has 3 N–H and O–H groups in total. The molecular formula is C67H130O17P2. The minimum absolute atomic E-state index is 0.107. The smallest absolute Gasteiger partial charge is 0.462 e. The van der Waals surface area contributed by atoms with Crippen molar-refractivity contribution in [2.75, 3.05) is 39.6 Å². The number of carbonyl (C=O) groups excluding carboxylic acids is 4. The van der Waals surface area contributed by atoms with Crippen molar-refractivity contribution < 1.29 is 80.2 Å². The number of rotatable bonds is 67. The van der Waals surface area contributed by atoms with Gasteiger partial charge < -0.3 is 33.8 Å². The van der Waals surface area contributed by atoms with Crippen molar-refractivity contribution in [1.82, 2.24) is 0 Å². The number of ether oxygens (including phenoxy) is 4. The van der Waals surface area contributed by atoms with Crippen LogP contribution in [0.5, 0.6) is 0 Å². The van der Waals surface area contributed by atoms with Gasteiger partial charge in [0.25, 0.3) is 0 Å². The van der Waals surface area contributed by atoms with E-state index in [0.29, 0.717) is 25.7 Å². The summed E-state index contributed by atoms with van der Waals surface area (Å²) in [6.07, 6.45) is 45.6. The summed E-state index contributed by atoms with van der Waals surface area (Å²) in [5.41, 5.74) is 0. The van der Waals surface area contributed by atoms with E-state index in [0.717, 1.165) is 95.8 Å². The van der Waals surface area contributed by atoms with E-state index in [1.807, 2.05) is 0 Å². The number of hydrogen-bond acceptors (Lipinski definition) is 15. The van der Waals surface area contributed by atoms with Crippen LogP contribution in [-0.2, 0) is 65.4 Å². The number of carbonyl (C=O) groups is 4. The summed E-state index contributed by atoms with van der Waals surface area (Å²) in [4.78, 5) is 72.3. The van der Waals surface area contributed by atoms with Crippen LogP contribution in [0.15, 0.2) is 0 Å². The van der Waals surface area contributed by atoms with Gasteiger partial charge >= 0.3 is 39.5 Å². The van der Waals surface area contributed by atoms with Crippen LogP contribution < -0.4 is 0 Å². The predicted molar refractivity (Wildman–Crippen MR) is 345 cm³/mol. The first kappa shape index (κ1) is 84.1. The molecule has 0 aromatic heterocycles. The highest BCUT2D eigenvalue weighted by Crippen LogP contribution is 2.45. The lowest BCUT2D eigenvalue weighted by molar-refractivity contribution is -0.161. The fraction of sp³-hybridized carbons (Fsp3) is 0.940. The van der Waals surface area contributed by atoms with Crippen molar-refractivity contribution >= 4 is 39.5 Å². The molecule has 2 unspecified atom stereocenters. The van der Waals surface area contributed by atoms with Gasteiger partial charge in [-0.25, -0.2) is 9.13 Å². The molecule has 5 atom stereocenters. The van der Waals surface area contributed by atoms with Gasteiger partial charge in [0, 0.05) is 25.7 Å². The maximum atomic E-state index is 13.0. The molecular weight excluding hydrogens is 1140 g/mol. The number of hydrogen-bond donors (Lipinski definition) is 3. The van der Waals surface area contributed by atoms with Gasteiger partial charge in [0.2, 0.25) is 0 Å². The van der Waals surface area contributed by atoms with Gasteiger partial charge in [0.05, 0.1) is 26.4 Å². The van der Waals surface area contributed by atoms with E-state index < -0.39 is 97.5 Å². The van der Waals surface area contributed by atoms with E-state index in [-0.39, 0.29) is 25.7 Å². The van der Waals surface area contributed by atoms with Gasteiger partial charge in [-0.2, -0.15) is 0 Å². The Bertz CT molecular complexity index is 1670. The van der Waals surface area contributed by atoms with Crippen molar-refractivity contribution in [2.45, 2.75) is 361 Å². The molecule has 0 spiro atoms. The van der Waals surface area contributed by atoms with E-state index in [1.54, 1.807) is 0 Å². The Labute approximate surface area is 524 Å². The Morgan fingerprint density at radius 1 is 0.314 bits per heavy atom. The number of esters is 4. The predicted octanol–water partition coefficient (Wildman–Crippen LogP) is 19.0. The maximum Gasteiger partial charge on any atom is 0.472 e. The Kier molecular flexibility index (Phi) is 59.2. The molecule has 0 aromatic carbocycles. The minimum atomic E-state index is -4.95. The third kappa shape index (κ3) is 60.9. The lowest BCUT2D eigenvalue weighted by Gasteiger charge is -2.21. The van der Waals surface area contributed by atoms with Crippen LogP contribution in [0.25, 0.3) is 0 Å². The Hall–Kier alpha value is -1.94. The molecule has 0 amide bonds. The van der Waals surface area contributed by atoms with Crippen molar-refractivity contribution in [3.05, 3.63) is 0 Å². The number of aliphatic hydroxyl groups is 1. The molecule has 0 heterocycles. The summed E-state index contributed by atoms with van der Waals surface area (Å²) in [6, 6.07) is 0. The monoisotopic (exact) mass is 1270 g/mol. The second-order valence-electron chi connectivity index (χ2n) is 24.7. The van der Waals surface area contributed by atoms with Crippen LogP contribution in [-0.4, -0.2) is 96.7 Å². The van der Waals surface area contributed by atoms with Crippen LogP contribution in [0, 0.1) is 5.92 Å². The topological polar surface area (TPSA) is 237 Å². The van der Waals surface area contributed by atoms with E-state index >= 15 is 0 Å². The summed E-state index contributed by atoms with van der Waals surface area (Å²) in [7, 11) is -9.89. The highest BCUT2D eigenvalue weighted by Gasteiger charge is 2.30. The fourth-order valence-electron chi connectivity index (χ4n) is 10.1. The first-order valence-electron chi connectivity index (χ1n) is 35.1. The maximum absolute atomic E-state index is 13.0. The standard InChI is InChI=1S/C67H130O17P2/c1-6-9-12-15-18-21-23-27-31-36-41-46-51-65(70)78-57-63(84-67(72)53-48-43-38-33-28-24-26-30-34-39-44-49-60(4)5)59-82-86(75,76)80-55-61(68)54-79-85(73,74)81-58-62(56-77-64(69)50-45-40-35-29-20-17-14-11-8-3)83-66(71)52-47-42-37-32-25-22-19-16-13-10-7-2/h60-63,68H,6-59H2,1-5H3,(H,73,74)(H,75,76)/t61-,62+,63+/m0/s1. The van der Waals surface area contributed by atoms with Crippen molar-refractivity contribution in [1.29, 1.82) is 0 Å². The van der Waals surface area contributed by atoms with Gasteiger partial charge in [0.1, 0.15) is 19.3 Å². The molecule has 0 saturated heterocycles. The van der Waals surface area contributed by atoms with Crippen molar-refractivity contribution in [3.63, 3.8) is 0 Å². The van der Waals surface area contributed by atoms with E-state index in [1.165, 1.54) is 167 Å². The molecule has 19 heteroatoms. The molecule has 86 heavy (non-hydrogen) atoms. The SMILES string of the molecule is CCCCCCCCCCCCCCC(=O)OC[C@H](COP(=O)(O)OC[C@@H](O)COP(=O)(O)OC[C@@H](COC(=O)CCCCCCCCCCC)OC(=O)CCCCCCCCCCCCC)OC(=O)CCCCCCCCCCCCCC(C)C. The first-order valence-corrected chi connectivity index (χ1v) is 38.1. The molecule has 0 aliphatic rings. The molecule has 0 aliphatic carbocycles. The molecule has 510 valence electrons. The Balaban J connectivity index is 5.24. The summed E-state index contributed by atoms with van der Waals surface area (Å²) in [5, 5.41) is 10.6. The molecule has 0 saturated carbocycles. The third-order valence-corrected chi connectivity index (χ3v) is 17.4. The van der Waals surface area contributed by atoms with Gasteiger partial charge in [-0.3, -0.25) is 37.3 Å². The average Bonchev–Trinajstić information content (AvgIpc) is 3.63. The number of phosphoric acid groups is 2. The quantitative estimate of drug-likeness (QED) is 0.0222. The highest BCUT2D eigenvalue weighted by atomic mass is 31.2. The Morgan fingerprint density at radius 2 is 0.535 bits per heavy atom. The number of aliphatic hydroxyl groups excluding tert-OH is 1. The lowest BCUT2D eigenvalue weighted by Crippen LogP contribution is -2.30. The molecule has 0 fully saturated rings. The van der Waals surface area contributed by atoms with E-state index in [4.69, 9.17) is 37.0 Å². The zero-order valence-electron chi connectivity index (χ0n) is 55.4. The number of unbranched alkanes of at least 4 members (excludes halogenated alkanes) is 39. The van der Waals surface area contributed by atoms with E-state index in [2.05, 4.69) is 34.6 Å². The average molecular weight is 1270 g/mol. The van der Waals surface area contributed by atoms with Crippen LogP contribution in [0.1, 0.15) is 343 Å². The normalized spacial score (nSPS) is 14.2. The molecule has 0 rings (SSSR count). The van der Waals surface area contributed by atoms with Crippen LogP contribution in [0.4, 0.5) is 0 Å².